The van der Waals surface area contributed by atoms with Gasteiger partial charge in [-0.3, -0.25) is 4.55 Å². The molecule has 137 valence electrons. The zero-order valence-electron chi connectivity index (χ0n) is 13.7. The second kappa shape index (κ2) is 6.31. The van der Waals surface area contributed by atoms with Crippen LogP contribution in [-0.4, -0.2) is 83.1 Å². The topological polar surface area (TPSA) is 154 Å². The summed E-state index contributed by atoms with van der Waals surface area (Å²) in [7, 11) is -7.52. The van der Waals surface area contributed by atoms with Gasteiger partial charge in [0.1, 0.15) is 27.1 Å². The Kier molecular flexibility index (Phi) is 5.75. The highest BCUT2D eigenvalue weighted by atomic mass is 32.2. The highest BCUT2D eigenvalue weighted by molar-refractivity contribution is 7.87. The third kappa shape index (κ3) is 3.62. The summed E-state index contributed by atoms with van der Waals surface area (Å²) in [5.74, 6) is 0. The molecule has 1 fully saturated rings. The first-order chi connectivity index (χ1) is 10.1. The van der Waals surface area contributed by atoms with Gasteiger partial charge < -0.3 is 29.9 Å². The van der Waals surface area contributed by atoms with E-state index in [1.54, 1.807) is 20.8 Å². The van der Waals surface area contributed by atoms with Gasteiger partial charge in [0.25, 0.3) is 4.93 Å². The molecule has 5 N–H and O–H groups in total. The summed E-state index contributed by atoms with van der Waals surface area (Å²) in [6, 6.07) is 0. The standard InChI is InChI=1S/C12H25O9SSi/c1-10(2,3)20-6-7-8(13)9(14)11(15,22(17,18)19)12(16,21-7)23(4)5/h7-9,13-16H,6H2,1-5H3,(H,17,18,19)/t7-,8-,9+,11+,12?/m1/s1. The maximum absolute atomic E-state index is 11.6. The van der Waals surface area contributed by atoms with Crippen LogP contribution in [0.3, 0.4) is 0 Å². The second-order valence-electron chi connectivity index (χ2n) is 6.83. The van der Waals surface area contributed by atoms with Gasteiger partial charge in [-0.05, 0) is 20.8 Å². The average molecular weight is 373 g/mol. The Hall–Kier alpha value is -0.113. The van der Waals surface area contributed by atoms with E-state index >= 15 is 0 Å². The molecule has 0 aromatic carbocycles. The maximum atomic E-state index is 11.6. The van der Waals surface area contributed by atoms with Gasteiger partial charge in [-0.2, -0.15) is 8.42 Å². The fraction of sp³-hybridized carbons (Fsp3) is 1.00. The molecule has 1 unspecified atom stereocenters. The van der Waals surface area contributed by atoms with E-state index in [0.717, 1.165) is 0 Å². The zero-order chi connectivity index (χ0) is 18.4. The minimum absolute atomic E-state index is 0.263. The summed E-state index contributed by atoms with van der Waals surface area (Å²) in [5.41, 5.74) is -3.37. The van der Waals surface area contributed by atoms with Crippen LogP contribution in [0.15, 0.2) is 0 Å². The van der Waals surface area contributed by atoms with Crippen LogP contribution in [0, 0.1) is 0 Å². The molecule has 1 aliphatic heterocycles. The molecule has 9 nitrogen and oxygen atoms in total. The van der Waals surface area contributed by atoms with E-state index in [1.165, 1.54) is 13.1 Å². The smallest absolute Gasteiger partial charge is 0.303 e. The Labute approximate surface area is 137 Å². The average Bonchev–Trinajstić information content (AvgIpc) is 2.36. The van der Waals surface area contributed by atoms with E-state index < -0.39 is 53.2 Å². The monoisotopic (exact) mass is 373 g/mol. The van der Waals surface area contributed by atoms with E-state index in [-0.39, 0.29) is 6.61 Å². The summed E-state index contributed by atoms with van der Waals surface area (Å²) in [4.78, 5) is -3.46. The van der Waals surface area contributed by atoms with Crippen LogP contribution < -0.4 is 0 Å². The van der Waals surface area contributed by atoms with Crippen molar-refractivity contribution in [3.8, 4) is 0 Å². The Balaban J connectivity index is 3.28. The molecule has 1 aliphatic rings. The van der Waals surface area contributed by atoms with Crippen molar-refractivity contribution in [2.24, 2.45) is 0 Å². The van der Waals surface area contributed by atoms with Gasteiger partial charge >= 0.3 is 10.1 Å². The number of rotatable bonds is 4. The molecular weight excluding hydrogens is 348 g/mol. The summed E-state index contributed by atoms with van der Waals surface area (Å²) in [6.45, 7) is 7.78. The first-order valence-corrected chi connectivity index (χ1v) is 10.9. The number of aliphatic hydroxyl groups excluding tert-OH is 2. The molecule has 0 aromatic heterocycles. The van der Waals surface area contributed by atoms with Crippen LogP contribution in [-0.2, 0) is 19.6 Å². The molecule has 1 heterocycles. The van der Waals surface area contributed by atoms with E-state index in [2.05, 4.69) is 0 Å². The molecule has 11 heteroatoms. The fourth-order valence-electron chi connectivity index (χ4n) is 2.28. The van der Waals surface area contributed by atoms with Gasteiger partial charge in [-0.15, -0.1) is 0 Å². The van der Waals surface area contributed by atoms with Crippen LogP contribution in [0.5, 0.6) is 0 Å². The lowest BCUT2D eigenvalue weighted by Gasteiger charge is -2.52. The van der Waals surface area contributed by atoms with E-state index in [1.807, 2.05) is 0 Å². The summed E-state index contributed by atoms with van der Waals surface area (Å²) >= 11 is 0. The first-order valence-electron chi connectivity index (χ1n) is 6.98. The maximum Gasteiger partial charge on any atom is 0.303 e. The second-order valence-corrected chi connectivity index (χ2v) is 11.1. The van der Waals surface area contributed by atoms with Gasteiger partial charge in [-0.25, -0.2) is 0 Å². The zero-order valence-corrected chi connectivity index (χ0v) is 15.5. The highest BCUT2D eigenvalue weighted by Crippen LogP contribution is 2.41. The molecule has 5 atom stereocenters. The number of ether oxygens (including phenoxy) is 2. The van der Waals surface area contributed by atoms with Gasteiger partial charge in [0.05, 0.1) is 12.2 Å². The third-order valence-electron chi connectivity index (χ3n) is 3.66. The van der Waals surface area contributed by atoms with Crippen LogP contribution in [0.25, 0.3) is 0 Å². The minimum atomic E-state index is -5.37. The lowest BCUT2D eigenvalue weighted by atomic mass is 9.98. The lowest BCUT2D eigenvalue weighted by Crippen LogP contribution is -2.79. The van der Waals surface area contributed by atoms with Gasteiger partial charge in [0, 0.05) is 0 Å². The van der Waals surface area contributed by atoms with Crippen molar-refractivity contribution in [2.45, 2.75) is 68.1 Å². The van der Waals surface area contributed by atoms with Crippen molar-refractivity contribution in [1.82, 2.24) is 0 Å². The number of aliphatic hydroxyl groups is 4. The minimum Gasteiger partial charge on any atom is -0.387 e. The van der Waals surface area contributed by atoms with Crippen molar-refractivity contribution in [3.63, 3.8) is 0 Å². The van der Waals surface area contributed by atoms with Crippen molar-refractivity contribution in [1.29, 1.82) is 0 Å². The summed E-state index contributed by atoms with van der Waals surface area (Å²) < 4.78 is 43.1. The van der Waals surface area contributed by atoms with Crippen molar-refractivity contribution in [2.75, 3.05) is 6.61 Å². The first kappa shape index (κ1) is 20.9. The van der Waals surface area contributed by atoms with Crippen LogP contribution in [0.4, 0.5) is 0 Å². The summed E-state index contributed by atoms with van der Waals surface area (Å²) in [6.07, 6.45) is -5.58. The normalized spacial score (nSPS) is 39.7. The molecule has 0 aromatic rings. The fourth-order valence-corrected chi connectivity index (χ4v) is 5.37. The van der Waals surface area contributed by atoms with E-state index in [4.69, 9.17) is 9.47 Å². The molecular formula is C12H25O9SSi. The molecule has 0 saturated carbocycles. The van der Waals surface area contributed by atoms with Crippen LogP contribution in [0.2, 0.25) is 13.1 Å². The predicted octanol–water partition coefficient (Wildman–Crippen LogP) is -1.52. The molecule has 23 heavy (non-hydrogen) atoms. The SMILES string of the molecule is C[Si](C)C1(O)O[C@H](COC(C)(C)C)[C@@H](O)[C@H](O)[C@]1(O)S(=O)(=O)O. The number of hydrogen-bond donors (Lipinski definition) is 5. The van der Waals surface area contributed by atoms with Crippen molar-refractivity contribution in [3.05, 3.63) is 0 Å². The van der Waals surface area contributed by atoms with Gasteiger partial charge in [0.2, 0.25) is 0 Å². The van der Waals surface area contributed by atoms with Crippen molar-refractivity contribution < 1.29 is 42.9 Å². The van der Waals surface area contributed by atoms with Crippen molar-refractivity contribution >= 4 is 18.9 Å². The van der Waals surface area contributed by atoms with E-state index in [9.17, 15) is 33.4 Å². The van der Waals surface area contributed by atoms with Crippen LogP contribution >= 0.6 is 0 Å². The Morgan fingerprint density at radius 2 is 1.70 bits per heavy atom. The lowest BCUT2D eigenvalue weighted by molar-refractivity contribution is -0.333. The quantitative estimate of drug-likeness (QED) is 0.292. The molecule has 1 rings (SSSR count). The molecule has 0 amide bonds. The highest BCUT2D eigenvalue weighted by Gasteiger charge is 2.71. The largest absolute Gasteiger partial charge is 0.387 e. The van der Waals surface area contributed by atoms with Gasteiger partial charge in [0.15, 0.2) is 5.41 Å². The third-order valence-corrected chi connectivity index (χ3v) is 7.00. The van der Waals surface area contributed by atoms with Crippen LogP contribution in [0.1, 0.15) is 20.8 Å². The van der Waals surface area contributed by atoms with E-state index in [0.29, 0.717) is 0 Å². The molecule has 0 bridgehead atoms. The van der Waals surface area contributed by atoms with Gasteiger partial charge in [-0.1, -0.05) is 13.1 Å². The molecule has 0 aliphatic carbocycles. The summed E-state index contributed by atoms with van der Waals surface area (Å²) in [5, 5.41) is 41.1. The molecule has 0 spiro atoms. The molecule has 1 radical (unpaired) electrons. The Morgan fingerprint density at radius 1 is 1.22 bits per heavy atom. The Bertz CT molecular complexity index is 531. The Morgan fingerprint density at radius 3 is 2.04 bits per heavy atom. The number of hydrogen-bond acceptors (Lipinski definition) is 8. The predicted molar refractivity (Wildman–Crippen MR) is 81.5 cm³/mol. The molecule has 1 saturated heterocycles.